The number of hydrogen-bond donors (Lipinski definition) is 1. The molecule has 1 aliphatic carbocycles. The van der Waals surface area contributed by atoms with Crippen molar-refractivity contribution in [2.45, 2.75) is 36.9 Å². The lowest BCUT2D eigenvalue weighted by Gasteiger charge is -2.24. The third-order valence-corrected chi connectivity index (χ3v) is 5.72. The van der Waals surface area contributed by atoms with Crippen LogP contribution in [0.15, 0.2) is 21.5 Å². The largest absolute Gasteiger partial charge is 0.402 e. The van der Waals surface area contributed by atoms with Crippen molar-refractivity contribution in [2.75, 3.05) is 12.3 Å². The molecule has 1 saturated carbocycles. The summed E-state index contributed by atoms with van der Waals surface area (Å²) < 4.78 is 64.0. The summed E-state index contributed by atoms with van der Waals surface area (Å²) in [5, 5.41) is 0. The normalized spacial score (nSPS) is 16.5. The van der Waals surface area contributed by atoms with Gasteiger partial charge >= 0.3 is 6.18 Å². The van der Waals surface area contributed by atoms with Gasteiger partial charge in [-0.3, -0.25) is 0 Å². The van der Waals surface area contributed by atoms with Gasteiger partial charge in [-0.15, -0.1) is 0 Å². The molecule has 2 rings (SSSR count). The molecule has 0 radical (unpaired) electrons. The smallest absolute Gasteiger partial charge is 0.398 e. The zero-order valence-electron chi connectivity index (χ0n) is 11.1. The molecule has 118 valence electrons. The Hall–Kier alpha value is -0.800. The second-order valence-corrected chi connectivity index (χ2v) is 7.79. The predicted octanol–water partition coefficient (Wildman–Crippen LogP) is 3.06. The minimum absolute atomic E-state index is 0.189. The molecule has 9 heteroatoms. The summed E-state index contributed by atoms with van der Waals surface area (Å²) in [7, 11) is -4.24. The van der Waals surface area contributed by atoms with Crippen molar-refractivity contribution >= 4 is 31.6 Å². The van der Waals surface area contributed by atoms with Crippen LogP contribution >= 0.6 is 15.9 Å². The van der Waals surface area contributed by atoms with Crippen molar-refractivity contribution in [3.63, 3.8) is 0 Å². The van der Waals surface area contributed by atoms with Gasteiger partial charge in [-0.1, -0.05) is 15.9 Å². The highest BCUT2D eigenvalue weighted by Crippen LogP contribution is 2.37. The van der Waals surface area contributed by atoms with Gasteiger partial charge in [0.15, 0.2) is 0 Å². The van der Waals surface area contributed by atoms with Gasteiger partial charge in [0.05, 0.1) is 4.90 Å². The van der Waals surface area contributed by atoms with Crippen LogP contribution in [-0.4, -0.2) is 31.5 Å². The summed E-state index contributed by atoms with van der Waals surface area (Å²) in [6.45, 7) is -0.000812. The lowest BCUT2D eigenvalue weighted by molar-refractivity contribution is -0.137. The topological polar surface area (TPSA) is 63.4 Å². The fourth-order valence-electron chi connectivity index (χ4n) is 2.02. The van der Waals surface area contributed by atoms with Gasteiger partial charge in [0.25, 0.3) is 0 Å². The summed E-state index contributed by atoms with van der Waals surface area (Å²) in [4.78, 5) is -0.189. The molecule has 1 aliphatic rings. The Morgan fingerprint density at radius 3 is 2.43 bits per heavy atom. The van der Waals surface area contributed by atoms with Crippen molar-refractivity contribution in [3.8, 4) is 0 Å². The molecule has 0 unspecified atom stereocenters. The number of sulfonamides is 1. The zero-order valence-corrected chi connectivity index (χ0v) is 13.5. The Morgan fingerprint density at radius 2 is 1.95 bits per heavy atom. The first-order valence-corrected chi connectivity index (χ1v) is 8.40. The Morgan fingerprint density at radius 1 is 1.38 bits per heavy atom. The van der Waals surface area contributed by atoms with Crippen LogP contribution in [0.4, 0.5) is 18.9 Å². The molecule has 1 aromatic carbocycles. The van der Waals surface area contributed by atoms with E-state index in [9.17, 15) is 21.6 Å². The average Bonchev–Trinajstić information content (AvgIpc) is 3.13. The minimum atomic E-state index is -4.58. The third kappa shape index (κ3) is 3.70. The monoisotopic (exact) mass is 386 g/mol. The molecule has 1 aromatic rings. The van der Waals surface area contributed by atoms with E-state index in [0.717, 1.165) is 0 Å². The number of alkyl halides is 3. The average molecular weight is 387 g/mol. The summed E-state index contributed by atoms with van der Waals surface area (Å²) >= 11 is 3.12. The van der Waals surface area contributed by atoms with Crippen LogP contribution in [0.25, 0.3) is 0 Å². The number of anilines is 1. The number of halogens is 4. The lowest BCUT2D eigenvalue weighted by Crippen LogP contribution is -2.40. The van der Waals surface area contributed by atoms with E-state index in [1.807, 2.05) is 0 Å². The van der Waals surface area contributed by atoms with E-state index < -0.39 is 28.8 Å². The molecule has 21 heavy (non-hydrogen) atoms. The zero-order chi connectivity index (χ0) is 16.0. The fourth-order valence-corrected chi connectivity index (χ4v) is 4.60. The maximum Gasteiger partial charge on any atom is 0.402 e. The Bertz CT molecular complexity index is 657. The first kappa shape index (κ1) is 16.6. The van der Waals surface area contributed by atoms with Crippen molar-refractivity contribution < 1.29 is 21.6 Å². The number of nitrogen functional groups attached to an aromatic ring is 1. The van der Waals surface area contributed by atoms with Crippen LogP contribution in [0.2, 0.25) is 0 Å². The standard InChI is InChI=1S/C12H14BrF3N2O2S/c1-7-10(17)4-8(13)5-11(7)21(19,20)18(9-2-3-9)6-12(14,15)16/h4-5,9H,2-3,6,17H2,1H3. The number of nitrogens with two attached hydrogens (primary N) is 1. The van der Waals surface area contributed by atoms with Crippen molar-refractivity contribution in [1.82, 2.24) is 4.31 Å². The van der Waals surface area contributed by atoms with E-state index >= 15 is 0 Å². The number of hydrogen-bond acceptors (Lipinski definition) is 3. The molecule has 0 aromatic heterocycles. The molecule has 0 aliphatic heterocycles. The summed E-state index contributed by atoms with van der Waals surface area (Å²) in [5.74, 6) is 0. The van der Waals surface area contributed by atoms with Gasteiger partial charge in [0, 0.05) is 16.2 Å². The molecule has 4 nitrogen and oxygen atoms in total. The van der Waals surface area contributed by atoms with Crippen LogP contribution < -0.4 is 5.73 Å². The van der Waals surface area contributed by atoms with E-state index in [4.69, 9.17) is 5.73 Å². The van der Waals surface area contributed by atoms with Gasteiger partial charge in [-0.05, 0) is 37.5 Å². The quantitative estimate of drug-likeness (QED) is 0.808. The molecule has 0 amide bonds. The van der Waals surface area contributed by atoms with Gasteiger partial charge in [-0.25, -0.2) is 8.42 Å². The van der Waals surface area contributed by atoms with Crippen molar-refractivity contribution in [3.05, 3.63) is 22.2 Å². The molecule has 0 atom stereocenters. The third-order valence-electron chi connectivity index (χ3n) is 3.24. The Labute approximate surface area is 129 Å². The van der Waals surface area contributed by atoms with Crippen LogP contribution in [0.5, 0.6) is 0 Å². The fraction of sp³-hybridized carbons (Fsp3) is 0.500. The van der Waals surface area contributed by atoms with E-state index in [-0.39, 0.29) is 16.1 Å². The number of rotatable bonds is 4. The van der Waals surface area contributed by atoms with Crippen LogP contribution in [0, 0.1) is 6.92 Å². The molecule has 0 bridgehead atoms. The summed E-state index contributed by atoms with van der Waals surface area (Å²) in [6.07, 6.45) is -3.70. The highest BCUT2D eigenvalue weighted by atomic mass is 79.9. The van der Waals surface area contributed by atoms with Gasteiger partial charge in [0.2, 0.25) is 10.0 Å². The van der Waals surface area contributed by atoms with E-state index in [1.165, 1.54) is 19.1 Å². The van der Waals surface area contributed by atoms with Crippen molar-refractivity contribution in [2.24, 2.45) is 0 Å². The second-order valence-electron chi connectivity index (χ2n) is 5.01. The first-order chi connectivity index (χ1) is 9.52. The highest BCUT2D eigenvalue weighted by molar-refractivity contribution is 9.10. The maximum atomic E-state index is 12.7. The summed E-state index contributed by atoms with van der Waals surface area (Å²) in [5.41, 5.74) is 6.17. The molecule has 0 saturated heterocycles. The van der Waals surface area contributed by atoms with Crippen LogP contribution in [0.3, 0.4) is 0 Å². The predicted molar refractivity (Wildman–Crippen MR) is 76.3 cm³/mol. The number of benzene rings is 1. The molecule has 1 fully saturated rings. The molecule has 2 N–H and O–H groups in total. The van der Waals surface area contributed by atoms with Gasteiger partial charge < -0.3 is 5.73 Å². The number of nitrogens with zero attached hydrogens (tertiary/aromatic N) is 1. The van der Waals surface area contributed by atoms with Crippen LogP contribution in [-0.2, 0) is 10.0 Å². The van der Waals surface area contributed by atoms with E-state index in [0.29, 0.717) is 21.6 Å². The molecular weight excluding hydrogens is 373 g/mol. The van der Waals surface area contributed by atoms with Crippen molar-refractivity contribution in [1.29, 1.82) is 0 Å². The first-order valence-electron chi connectivity index (χ1n) is 6.16. The van der Waals surface area contributed by atoms with E-state index in [1.54, 1.807) is 0 Å². The van der Waals surface area contributed by atoms with E-state index in [2.05, 4.69) is 15.9 Å². The second kappa shape index (κ2) is 5.44. The molecule has 0 heterocycles. The van der Waals surface area contributed by atoms with Gasteiger partial charge in [0.1, 0.15) is 6.54 Å². The highest BCUT2D eigenvalue weighted by Gasteiger charge is 2.45. The summed E-state index contributed by atoms with van der Waals surface area (Å²) in [6, 6.07) is 2.21. The Kier molecular flexibility index (Phi) is 4.29. The van der Waals surface area contributed by atoms with Crippen LogP contribution in [0.1, 0.15) is 18.4 Å². The minimum Gasteiger partial charge on any atom is -0.398 e. The maximum absolute atomic E-state index is 12.7. The van der Waals surface area contributed by atoms with Gasteiger partial charge in [-0.2, -0.15) is 17.5 Å². The SMILES string of the molecule is Cc1c(N)cc(Br)cc1S(=O)(=O)N(CC(F)(F)F)C1CC1. The molecular formula is C12H14BrF3N2O2S. The lowest BCUT2D eigenvalue weighted by atomic mass is 10.2. The molecule has 0 spiro atoms. The Balaban J connectivity index is 2.49.